The Morgan fingerprint density at radius 1 is 0.893 bits per heavy atom. The zero-order chi connectivity index (χ0) is 19.5. The number of methoxy groups -OCH3 is 2. The molecule has 4 fully saturated rings. The first-order valence-electron chi connectivity index (χ1n) is 10.0. The molecule has 0 spiro atoms. The van der Waals surface area contributed by atoms with Gasteiger partial charge in [-0.15, -0.1) is 0 Å². The van der Waals surface area contributed by atoms with Gasteiger partial charge in [0.1, 0.15) is 31.6 Å². The molecular formula is C23H28N2O3+2. The predicted octanol–water partition coefficient (Wildman–Crippen LogP) is 0.0264. The van der Waals surface area contributed by atoms with E-state index in [0.29, 0.717) is 11.9 Å². The average Bonchev–Trinajstić information content (AvgIpc) is 2.71. The highest BCUT2D eigenvalue weighted by Gasteiger charge is 2.70. The van der Waals surface area contributed by atoms with E-state index in [9.17, 15) is 4.79 Å². The minimum atomic E-state index is -0.357. The summed E-state index contributed by atoms with van der Waals surface area (Å²) in [5, 5.41) is 0. The van der Waals surface area contributed by atoms with Crippen LogP contribution in [0.4, 0.5) is 0 Å². The van der Waals surface area contributed by atoms with Crippen molar-refractivity contribution in [3.8, 4) is 11.5 Å². The molecule has 28 heavy (non-hydrogen) atoms. The van der Waals surface area contributed by atoms with Gasteiger partial charge in [0.25, 0.3) is 0 Å². The Bertz CT molecular complexity index is 911. The zero-order valence-electron chi connectivity index (χ0n) is 16.7. The zero-order valence-corrected chi connectivity index (χ0v) is 16.7. The van der Waals surface area contributed by atoms with Crippen molar-refractivity contribution in [1.29, 1.82) is 0 Å². The lowest BCUT2D eigenvalue weighted by molar-refractivity contribution is -1.18. The molecule has 4 aliphatic heterocycles. The monoisotopic (exact) mass is 380 g/mol. The van der Waals surface area contributed by atoms with Crippen LogP contribution in [0.2, 0.25) is 0 Å². The van der Waals surface area contributed by atoms with Gasteiger partial charge >= 0.3 is 0 Å². The highest BCUT2D eigenvalue weighted by atomic mass is 16.5. The van der Waals surface area contributed by atoms with E-state index >= 15 is 0 Å². The lowest BCUT2D eigenvalue weighted by atomic mass is 9.58. The fourth-order valence-electron chi connectivity index (χ4n) is 6.22. The van der Waals surface area contributed by atoms with E-state index in [1.807, 2.05) is 12.1 Å². The summed E-state index contributed by atoms with van der Waals surface area (Å²) in [7, 11) is 3.35. The van der Waals surface area contributed by atoms with Crippen molar-refractivity contribution in [3.63, 3.8) is 0 Å². The van der Waals surface area contributed by atoms with Crippen molar-refractivity contribution in [2.75, 3.05) is 40.4 Å². The third-order valence-corrected chi connectivity index (χ3v) is 7.16. The molecule has 0 radical (unpaired) electrons. The first-order chi connectivity index (χ1) is 13.5. The van der Waals surface area contributed by atoms with E-state index in [1.54, 1.807) is 14.2 Å². The molecule has 4 aliphatic rings. The Morgan fingerprint density at radius 2 is 1.54 bits per heavy atom. The number of hydrogen-bond acceptors (Lipinski definition) is 3. The van der Waals surface area contributed by atoms with Crippen LogP contribution < -0.4 is 19.3 Å². The normalized spacial score (nSPS) is 35.8. The molecule has 0 aliphatic carbocycles. The molecule has 2 N–H and O–H groups in total. The van der Waals surface area contributed by atoms with Gasteiger partial charge in [-0.2, -0.15) is 0 Å². The Balaban J connectivity index is 1.57. The standard InChI is InChI=1S/C23H26N2O3/c1-22-12-24-14-23(21(22)26,17-7-5-4-6-8-17)15-25(13-22)20(24)16-9-10-18(27-2)19(11-16)28-3/h4-11,20H,12-15H2,1-3H3/p+2. The molecule has 2 aromatic rings. The van der Waals surface area contributed by atoms with Crippen LogP contribution in [0.5, 0.6) is 11.5 Å². The van der Waals surface area contributed by atoms with Gasteiger partial charge in [-0.1, -0.05) is 30.3 Å². The molecule has 4 bridgehead atoms. The maximum absolute atomic E-state index is 13.6. The van der Waals surface area contributed by atoms with Gasteiger partial charge in [0.05, 0.1) is 19.8 Å². The van der Waals surface area contributed by atoms with Crippen LogP contribution in [-0.2, 0) is 10.2 Å². The van der Waals surface area contributed by atoms with Crippen LogP contribution in [0.3, 0.4) is 0 Å². The lowest BCUT2D eigenvalue weighted by Gasteiger charge is -2.59. The molecule has 2 unspecified atom stereocenters. The minimum Gasteiger partial charge on any atom is -0.493 e. The molecule has 4 heterocycles. The van der Waals surface area contributed by atoms with Crippen molar-refractivity contribution in [3.05, 3.63) is 59.7 Å². The van der Waals surface area contributed by atoms with E-state index in [0.717, 1.165) is 37.7 Å². The molecule has 0 amide bonds. The largest absolute Gasteiger partial charge is 0.493 e. The third-order valence-electron chi connectivity index (χ3n) is 7.16. The average molecular weight is 380 g/mol. The molecule has 146 valence electrons. The number of benzene rings is 2. The van der Waals surface area contributed by atoms with Crippen molar-refractivity contribution < 1.29 is 24.1 Å². The molecule has 5 heteroatoms. The summed E-state index contributed by atoms with van der Waals surface area (Å²) in [5.74, 6) is 1.98. The van der Waals surface area contributed by atoms with E-state index in [4.69, 9.17) is 9.47 Å². The number of ketones is 1. The second kappa shape index (κ2) is 6.06. The molecule has 0 aromatic heterocycles. The maximum Gasteiger partial charge on any atom is 0.240 e. The van der Waals surface area contributed by atoms with Crippen LogP contribution in [0.15, 0.2) is 48.5 Å². The molecule has 2 atom stereocenters. The third kappa shape index (κ3) is 2.29. The van der Waals surface area contributed by atoms with E-state index in [1.165, 1.54) is 20.9 Å². The molecule has 5 nitrogen and oxygen atoms in total. The Labute approximate surface area is 165 Å². The second-order valence-corrected chi connectivity index (χ2v) is 8.91. The number of carbonyl (C=O) groups is 1. The molecular weight excluding hydrogens is 352 g/mol. The number of piperidine rings is 2. The van der Waals surface area contributed by atoms with Crippen molar-refractivity contribution in [1.82, 2.24) is 0 Å². The van der Waals surface area contributed by atoms with Gasteiger partial charge < -0.3 is 9.47 Å². The van der Waals surface area contributed by atoms with Gasteiger partial charge in [-0.05, 0) is 30.7 Å². The topological polar surface area (TPSA) is 44.4 Å². The lowest BCUT2D eigenvalue weighted by Crippen LogP contribution is -3.41. The number of ether oxygens (including phenoxy) is 2. The van der Waals surface area contributed by atoms with Gasteiger partial charge in [0.2, 0.25) is 6.17 Å². The summed E-state index contributed by atoms with van der Waals surface area (Å²) >= 11 is 0. The van der Waals surface area contributed by atoms with Crippen LogP contribution in [0, 0.1) is 5.41 Å². The Kier molecular flexibility index (Phi) is 3.83. The number of Topliss-reactive ketones (excluding diaryl/α,β-unsaturated/α-hetero) is 1. The molecule has 2 aromatic carbocycles. The fraction of sp³-hybridized carbons (Fsp3) is 0.435. The summed E-state index contributed by atoms with van der Waals surface area (Å²) in [6, 6.07) is 16.7. The predicted molar refractivity (Wildman–Crippen MR) is 105 cm³/mol. The number of hydrogen-bond donors (Lipinski definition) is 2. The highest BCUT2D eigenvalue weighted by Crippen LogP contribution is 2.39. The fourth-order valence-corrected chi connectivity index (χ4v) is 6.22. The smallest absolute Gasteiger partial charge is 0.240 e. The van der Waals surface area contributed by atoms with Crippen molar-refractivity contribution in [2.24, 2.45) is 5.41 Å². The highest BCUT2D eigenvalue weighted by molar-refractivity contribution is 5.96. The van der Waals surface area contributed by atoms with Gasteiger partial charge in [-0.25, -0.2) is 0 Å². The van der Waals surface area contributed by atoms with E-state index in [2.05, 4.69) is 43.3 Å². The summed E-state index contributed by atoms with van der Waals surface area (Å²) in [4.78, 5) is 16.6. The van der Waals surface area contributed by atoms with E-state index in [-0.39, 0.29) is 10.8 Å². The summed E-state index contributed by atoms with van der Waals surface area (Å²) < 4.78 is 11.0. The van der Waals surface area contributed by atoms with Gasteiger partial charge in [-0.3, -0.25) is 14.6 Å². The SMILES string of the molecule is COc1ccc(C2[NH+]3CC4(C)C[NH+]2CC(c2ccccc2)(C3)C4=O)cc1OC. The first-order valence-corrected chi connectivity index (χ1v) is 10.0. The van der Waals surface area contributed by atoms with Crippen molar-refractivity contribution in [2.45, 2.75) is 18.5 Å². The van der Waals surface area contributed by atoms with Gasteiger partial charge in [0, 0.05) is 0 Å². The van der Waals surface area contributed by atoms with Crippen LogP contribution >= 0.6 is 0 Å². The minimum absolute atomic E-state index is 0.246. The Morgan fingerprint density at radius 3 is 2.14 bits per heavy atom. The summed E-state index contributed by atoms with van der Waals surface area (Å²) in [6.45, 7) is 5.73. The number of rotatable bonds is 4. The van der Waals surface area contributed by atoms with Crippen molar-refractivity contribution >= 4 is 5.78 Å². The van der Waals surface area contributed by atoms with Crippen LogP contribution in [-0.4, -0.2) is 46.2 Å². The summed E-state index contributed by atoms with van der Waals surface area (Å²) in [6.07, 6.45) is 0.331. The molecule has 6 rings (SSSR count). The molecule has 0 saturated carbocycles. The summed E-state index contributed by atoms with van der Waals surface area (Å²) in [5.41, 5.74) is 1.85. The van der Waals surface area contributed by atoms with E-state index < -0.39 is 0 Å². The first kappa shape index (κ1) is 17.7. The Hall–Kier alpha value is -2.37. The number of carbonyl (C=O) groups excluding carboxylic acids is 1. The number of nitrogens with one attached hydrogen (secondary N) is 2. The van der Waals surface area contributed by atoms with Crippen LogP contribution in [0.1, 0.15) is 24.2 Å². The number of quaternary nitrogens is 2. The maximum atomic E-state index is 13.6. The van der Waals surface area contributed by atoms with Gasteiger partial charge in [0.15, 0.2) is 22.7 Å². The second-order valence-electron chi connectivity index (χ2n) is 8.91. The molecule has 4 saturated heterocycles. The van der Waals surface area contributed by atoms with Crippen LogP contribution in [0.25, 0.3) is 0 Å². The quantitative estimate of drug-likeness (QED) is 0.787.